The first-order valence-corrected chi connectivity index (χ1v) is 18.1. The Bertz CT molecular complexity index is 1010. The van der Waals surface area contributed by atoms with Gasteiger partial charge in [-0.2, -0.15) is 0 Å². The van der Waals surface area contributed by atoms with Crippen LogP contribution in [0.15, 0.2) is 11.6 Å². The van der Waals surface area contributed by atoms with Gasteiger partial charge in [-0.3, -0.25) is 4.79 Å². The number of fused-ring (bicyclic) bond motifs is 5. The van der Waals surface area contributed by atoms with Crippen molar-refractivity contribution in [2.24, 2.45) is 34.5 Å². The summed E-state index contributed by atoms with van der Waals surface area (Å²) in [6.45, 7) is 7.17. The summed E-state index contributed by atoms with van der Waals surface area (Å²) in [7, 11) is 0. The van der Waals surface area contributed by atoms with Crippen molar-refractivity contribution in [1.82, 2.24) is 0 Å². The summed E-state index contributed by atoms with van der Waals surface area (Å²) in [5.41, 5.74) is -0.277. The molecule has 244 valence electrons. The maximum absolute atomic E-state index is 13.2. The van der Waals surface area contributed by atoms with Gasteiger partial charge in [-0.15, -0.1) is 0 Å². The minimum Gasteiger partial charge on any atom is -0.462 e. The zero-order valence-corrected chi connectivity index (χ0v) is 27.4. The molecule has 6 heteroatoms. The quantitative estimate of drug-likeness (QED) is 0.156. The van der Waals surface area contributed by atoms with E-state index >= 15 is 0 Å². The van der Waals surface area contributed by atoms with Crippen molar-refractivity contribution in [3.05, 3.63) is 11.6 Å². The second-order valence-corrected chi connectivity index (χ2v) is 15.5. The van der Waals surface area contributed by atoms with E-state index in [0.29, 0.717) is 25.4 Å². The predicted octanol–water partition coefficient (Wildman–Crippen LogP) is 7.83. The summed E-state index contributed by atoms with van der Waals surface area (Å²) in [6.07, 6.45) is 21.8. The van der Waals surface area contributed by atoms with Crippen molar-refractivity contribution in [3.8, 4) is 0 Å². The highest BCUT2D eigenvalue weighted by molar-refractivity contribution is 5.85. The van der Waals surface area contributed by atoms with Crippen LogP contribution in [0.1, 0.15) is 149 Å². The summed E-state index contributed by atoms with van der Waals surface area (Å²) in [4.78, 5) is 25.1. The van der Waals surface area contributed by atoms with Gasteiger partial charge in [0, 0.05) is 29.7 Å². The zero-order chi connectivity index (χ0) is 30.7. The lowest BCUT2D eigenvalue weighted by Crippen LogP contribution is -2.65. The number of carbonyl (C=O) groups excluding carboxylic acids is 2. The Balaban J connectivity index is 1.17. The Morgan fingerprint density at radius 3 is 2.23 bits per heavy atom. The molecule has 0 bridgehead atoms. The molecular weight excluding hydrogens is 540 g/mol. The molecule has 0 radical (unpaired) electrons. The Hall–Kier alpha value is -1.40. The van der Waals surface area contributed by atoms with E-state index in [2.05, 4.69) is 20.8 Å². The summed E-state index contributed by atoms with van der Waals surface area (Å²) in [6, 6.07) is 0. The smallest absolute Gasteiger partial charge is 0.331 e. The molecule has 5 rings (SSSR count). The number of carbonyl (C=O) groups is 2. The molecule has 5 aliphatic rings. The van der Waals surface area contributed by atoms with Crippen LogP contribution in [-0.4, -0.2) is 46.6 Å². The van der Waals surface area contributed by atoms with Crippen molar-refractivity contribution < 1.29 is 29.3 Å². The molecule has 0 aromatic heterocycles. The second-order valence-electron chi connectivity index (χ2n) is 15.5. The molecule has 4 fully saturated rings. The van der Waals surface area contributed by atoms with E-state index in [-0.39, 0.29) is 46.6 Å². The second kappa shape index (κ2) is 13.9. The van der Waals surface area contributed by atoms with Crippen LogP contribution in [0, 0.1) is 34.5 Å². The number of rotatable bonds is 14. The van der Waals surface area contributed by atoms with Gasteiger partial charge in [0.2, 0.25) is 0 Å². The van der Waals surface area contributed by atoms with Crippen LogP contribution >= 0.6 is 0 Å². The third-order valence-corrected chi connectivity index (χ3v) is 13.3. The highest BCUT2D eigenvalue weighted by atomic mass is 16.5. The van der Waals surface area contributed by atoms with Crippen LogP contribution in [0.4, 0.5) is 0 Å². The van der Waals surface area contributed by atoms with E-state index < -0.39 is 11.7 Å². The minimum atomic E-state index is -0.804. The molecular formula is C37H60O6. The van der Waals surface area contributed by atoms with Crippen LogP contribution in [0.3, 0.4) is 0 Å². The first-order valence-electron chi connectivity index (χ1n) is 18.1. The largest absolute Gasteiger partial charge is 0.462 e. The number of cyclic esters (lactones) is 1. The monoisotopic (exact) mass is 600 g/mol. The molecule has 1 unspecified atom stereocenters. The van der Waals surface area contributed by atoms with Crippen molar-refractivity contribution in [3.63, 3.8) is 0 Å². The fourth-order valence-electron chi connectivity index (χ4n) is 10.7. The first-order chi connectivity index (χ1) is 20.6. The molecule has 0 aromatic rings. The fourth-order valence-corrected chi connectivity index (χ4v) is 10.7. The molecule has 2 N–H and O–H groups in total. The molecule has 6 nitrogen and oxygen atoms in total. The fraction of sp³-hybridized carbons (Fsp3) is 0.892. The topological polar surface area (TPSA) is 93.1 Å². The van der Waals surface area contributed by atoms with E-state index in [1.807, 2.05) is 0 Å². The van der Waals surface area contributed by atoms with Crippen LogP contribution in [0.2, 0.25) is 0 Å². The van der Waals surface area contributed by atoms with Gasteiger partial charge < -0.3 is 19.7 Å². The number of esters is 2. The van der Waals surface area contributed by atoms with Crippen LogP contribution in [0.25, 0.3) is 0 Å². The van der Waals surface area contributed by atoms with Gasteiger partial charge >= 0.3 is 11.9 Å². The normalized spacial score (nSPS) is 40.3. The van der Waals surface area contributed by atoms with Crippen molar-refractivity contribution in [2.45, 2.75) is 167 Å². The van der Waals surface area contributed by atoms with E-state index in [4.69, 9.17) is 9.47 Å². The predicted molar refractivity (Wildman–Crippen MR) is 168 cm³/mol. The van der Waals surface area contributed by atoms with Crippen LogP contribution in [-0.2, 0) is 19.1 Å². The highest BCUT2D eigenvalue weighted by Crippen LogP contribution is 2.70. The molecule has 9 atom stereocenters. The number of hydrogen-bond donors (Lipinski definition) is 2. The van der Waals surface area contributed by atoms with Crippen molar-refractivity contribution >= 4 is 11.9 Å². The maximum Gasteiger partial charge on any atom is 0.331 e. The third kappa shape index (κ3) is 6.48. The Morgan fingerprint density at radius 1 is 0.907 bits per heavy atom. The molecule has 1 aliphatic heterocycles. The average Bonchev–Trinajstić information content (AvgIpc) is 3.52. The minimum absolute atomic E-state index is 0.116. The molecule has 1 heterocycles. The summed E-state index contributed by atoms with van der Waals surface area (Å²) < 4.78 is 11.6. The van der Waals surface area contributed by atoms with Gasteiger partial charge in [0.25, 0.3) is 0 Å². The number of aliphatic hydroxyl groups excluding tert-OH is 1. The summed E-state index contributed by atoms with van der Waals surface area (Å²) in [5, 5.41) is 23.4. The van der Waals surface area contributed by atoms with E-state index in [1.54, 1.807) is 6.08 Å². The lowest BCUT2D eigenvalue weighted by Gasteiger charge is -2.64. The van der Waals surface area contributed by atoms with Gasteiger partial charge in [0.05, 0.1) is 11.7 Å². The average molecular weight is 601 g/mol. The number of ether oxygens (including phenoxy) is 2. The third-order valence-electron chi connectivity index (χ3n) is 13.3. The Morgan fingerprint density at radius 2 is 1.58 bits per heavy atom. The molecule has 0 saturated heterocycles. The standard InChI is InChI=1S/C37H60O6/c1-4-5-6-7-8-9-10-11-12-13-14-15-33(39)43-32-24-28(38)23-27-16-17-31-30(36(27,32)3)18-20-35(2)29(19-21-37(31,35)41)26-22-34(40)42-25-26/h22,27-32,38,41H,4-21,23-25H2,1-3H3/t27-,28+,29-,30+,31-,32?,35-,36+,37+/m1/s1. The number of aliphatic hydroxyl groups is 2. The van der Waals surface area contributed by atoms with Crippen LogP contribution < -0.4 is 0 Å². The SMILES string of the molecule is CCCCCCCCCCCCCC(=O)OC1C[C@@H](O)C[C@H]2CC[C@@H]3[C@H](CC[C@]4(C)[C@@H](C5=CC(=O)OC5)CC[C@]34O)[C@@]12C. The van der Waals surface area contributed by atoms with Gasteiger partial charge in [-0.1, -0.05) is 85.0 Å². The van der Waals surface area contributed by atoms with E-state index in [1.165, 1.54) is 57.8 Å². The summed E-state index contributed by atoms with van der Waals surface area (Å²) >= 11 is 0. The molecule has 0 aromatic carbocycles. The zero-order valence-electron chi connectivity index (χ0n) is 27.4. The van der Waals surface area contributed by atoms with Gasteiger partial charge in [0.15, 0.2) is 0 Å². The van der Waals surface area contributed by atoms with Gasteiger partial charge in [-0.25, -0.2) is 4.79 Å². The number of unbranched alkanes of at least 4 members (excludes halogenated alkanes) is 10. The molecule has 4 aliphatic carbocycles. The van der Waals surface area contributed by atoms with Crippen molar-refractivity contribution in [2.75, 3.05) is 6.61 Å². The molecule has 0 spiro atoms. The Labute approximate surface area is 260 Å². The van der Waals surface area contributed by atoms with Gasteiger partial charge in [-0.05, 0) is 80.6 Å². The van der Waals surface area contributed by atoms with Crippen LogP contribution in [0.5, 0.6) is 0 Å². The molecule has 0 amide bonds. The molecule has 43 heavy (non-hydrogen) atoms. The Kier molecular flexibility index (Phi) is 10.7. The lowest BCUT2D eigenvalue weighted by atomic mass is 9.42. The molecule has 4 saturated carbocycles. The van der Waals surface area contributed by atoms with E-state index in [9.17, 15) is 19.8 Å². The van der Waals surface area contributed by atoms with E-state index in [0.717, 1.165) is 63.4 Å². The lowest BCUT2D eigenvalue weighted by molar-refractivity contribution is -0.237. The maximum atomic E-state index is 13.2. The summed E-state index contributed by atoms with van der Waals surface area (Å²) in [5.74, 6) is 0.489. The van der Waals surface area contributed by atoms with Gasteiger partial charge in [0.1, 0.15) is 12.7 Å². The first kappa shape index (κ1) is 33.0. The highest BCUT2D eigenvalue weighted by Gasteiger charge is 2.69. The number of hydrogen-bond acceptors (Lipinski definition) is 6. The van der Waals surface area contributed by atoms with Crippen molar-refractivity contribution in [1.29, 1.82) is 0 Å².